The molecule has 6 heteroatoms. The maximum Gasteiger partial charge on any atom is 0.257 e. The molecular weight excluding hydrogens is 284 g/mol. The van der Waals surface area contributed by atoms with E-state index in [0.717, 1.165) is 12.0 Å². The minimum atomic E-state index is -0.163. The number of aliphatic hydroxyl groups is 1. The number of methoxy groups -OCH3 is 1. The van der Waals surface area contributed by atoms with Crippen LogP contribution in [0.15, 0.2) is 18.2 Å². The Morgan fingerprint density at radius 3 is 2.68 bits per heavy atom. The van der Waals surface area contributed by atoms with Crippen LogP contribution in [-0.2, 0) is 11.3 Å². The molecule has 124 valence electrons. The zero-order chi connectivity index (χ0) is 16.4. The summed E-state index contributed by atoms with van der Waals surface area (Å²) in [6, 6.07) is 5.64. The van der Waals surface area contributed by atoms with E-state index in [-0.39, 0.29) is 25.2 Å². The molecule has 0 fully saturated rings. The van der Waals surface area contributed by atoms with Crippen LogP contribution in [0.25, 0.3) is 0 Å². The van der Waals surface area contributed by atoms with Crippen molar-refractivity contribution in [3.05, 3.63) is 23.8 Å². The number of amides is 1. The van der Waals surface area contributed by atoms with Crippen molar-refractivity contribution in [1.29, 1.82) is 0 Å². The fraction of sp³-hybridized carbons (Fsp3) is 0.562. The monoisotopic (exact) mass is 310 g/mol. The van der Waals surface area contributed by atoms with Crippen LogP contribution in [0.2, 0.25) is 0 Å². The predicted octanol–water partition coefficient (Wildman–Crippen LogP) is 1.07. The molecule has 0 spiro atoms. The zero-order valence-electron chi connectivity index (χ0n) is 13.5. The molecule has 0 saturated carbocycles. The number of nitrogens with one attached hydrogen (secondary N) is 2. The maximum absolute atomic E-state index is 11.4. The molecule has 1 amide bonds. The molecule has 0 aliphatic carbocycles. The number of hydrogen-bond acceptors (Lipinski definition) is 5. The number of carbonyl (C=O) groups is 1. The van der Waals surface area contributed by atoms with Crippen molar-refractivity contribution in [2.24, 2.45) is 0 Å². The molecule has 22 heavy (non-hydrogen) atoms. The molecule has 1 rings (SSSR count). The summed E-state index contributed by atoms with van der Waals surface area (Å²) in [6.45, 7) is 5.16. The van der Waals surface area contributed by atoms with Crippen molar-refractivity contribution in [2.75, 3.05) is 26.9 Å². The number of hydrogen-bond donors (Lipinski definition) is 3. The third-order valence-electron chi connectivity index (χ3n) is 3.27. The molecule has 0 saturated heterocycles. The van der Waals surface area contributed by atoms with Crippen LogP contribution in [0, 0.1) is 0 Å². The first-order chi connectivity index (χ1) is 10.6. The number of carbonyl (C=O) groups excluding carboxylic acids is 1. The Balaban J connectivity index is 2.64. The zero-order valence-corrected chi connectivity index (χ0v) is 13.5. The molecule has 0 aliphatic heterocycles. The Morgan fingerprint density at radius 2 is 2.09 bits per heavy atom. The molecular formula is C16H26N2O4. The first-order valence-electron chi connectivity index (χ1n) is 7.55. The standard InChI is InChI=1S/C16H26N2O4/c1-4-13(10-19)18-9-12-6-7-14(15(8-12)21-3)22-11-16(20)17-5-2/h6-8,13,18-19H,4-5,9-11H2,1-3H3,(H,17,20). The lowest BCUT2D eigenvalue weighted by atomic mass is 10.1. The van der Waals surface area contributed by atoms with Gasteiger partial charge in [0.2, 0.25) is 0 Å². The van der Waals surface area contributed by atoms with Crippen molar-refractivity contribution >= 4 is 5.91 Å². The molecule has 0 aromatic heterocycles. The summed E-state index contributed by atoms with van der Waals surface area (Å²) in [4.78, 5) is 11.4. The van der Waals surface area contributed by atoms with E-state index in [1.807, 2.05) is 26.0 Å². The van der Waals surface area contributed by atoms with E-state index in [2.05, 4.69) is 10.6 Å². The summed E-state index contributed by atoms with van der Waals surface area (Å²) in [6.07, 6.45) is 0.862. The van der Waals surface area contributed by atoms with Crippen molar-refractivity contribution in [3.8, 4) is 11.5 Å². The minimum absolute atomic E-state index is 0.0375. The van der Waals surface area contributed by atoms with Gasteiger partial charge >= 0.3 is 0 Å². The summed E-state index contributed by atoms with van der Waals surface area (Å²) in [7, 11) is 1.56. The van der Waals surface area contributed by atoms with Crippen molar-refractivity contribution < 1.29 is 19.4 Å². The van der Waals surface area contributed by atoms with Gasteiger partial charge in [0.05, 0.1) is 13.7 Å². The van der Waals surface area contributed by atoms with Crippen LogP contribution in [0.5, 0.6) is 11.5 Å². The highest BCUT2D eigenvalue weighted by atomic mass is 16.5. The van der Waals surface area contributed by atoms with Crippen LogP contribution >= 0.6 is 0 Å². The fourth-order valence-electron chi connectivity index (χ4n) is 1.93. The van der Waals surface area contributed by atoms with Gasteiger partial charge < -0.3 is 25.2 Å². The summed E-state index contributed by atoms with van der Waals surface area (Å²) in [5, 5.41) is 15.1. The van der Waals surface area contributed by atoms with Crippen molar-refractivity contribution in [2.45, 2.75) is 32.9 Å². The van der Waals surface area contributed by atoms with Gasteiger partial charge in [-0.05, 0) is 31.0 Å². The third kappa shape index (κ3) is 5.91. The number of likely N-dealkylation sites (N-methyl/N-ethyl adjacent to an activating group) is 1. The quantitative estimate of drug-likeness (QED) is 0.602. The average Bonchev–Trinajstić information content (AvgIpc) is 2.54. The van der Waals surface area contributed by atoms with E-state index in [4.69, 9.17) is 14.6 Å². The van der Waals surface area contributed by atoms with Gasteiger partial charge in [-0.25, -0.2) is 0 Å². The smallest absolute Gasteiger partial charge is 0.257 e. The third-order valence-corrected chi connectivity index (χ3v) is 3.27. The highest BCUT2D eigenvalue weighted by Crippen LogP contribution is 2.28. The lowest BCUT2D eigenvalue weighted by Crippen LogP contribution is -2.31. The minimum Gasteiger partial charge on any atom is -0.493 e. The number of aliphatic hydroxyl groups excluding tert-OH is 1. The van der Waals surface area contributed by atoms with Gasteiger partial charge in [-0.15, -0.1) is 0 Å². The first-order valence-corrected chi connectivity index (χ1v) is 7.55. The molecule has 0 heterocycles. The van der Waals surface area contributed by atoms with Crippen LogP contribution in [0.3, 0.4) is 0 Å². The van der Waals surface area contributed by atoms with Crippen LogP contribution in [-0.4, -0.2) is 43.9 Å². The highest BCUT2D eigenvalue weighted by molar-refractivity contribution is 5.77. The van der Waals surface area contributed by atoms with Gasteiger partial charge in [-0.2, -0.15) is 0 Å². The number of rotatable bonds is 10. The number of ether oxygens (including phenoxy) is 2. The summed E-state index contributed by atoms with van der Waals surface area (Å²) in [5.41, 5.74) is 1.02. The molecule has 0 bridgehead atoms. The Kier molecular flexibility index (Phi) is 8.32. The van der Waals surface area contributed by atoms with Gasteiger partial charge in [0.1, 0.15) is 0 Å². The Labute approximate surface area is 131 Å². The normalized spacial score (nSPS) is 11.8. The van der Waals surface area contributed by atoms with E-state index in [1.54, 1.807) is 13.2 Å². The maximum atomic E-state index is 11.4. The predicted molar refractivity (Wildman–Crippen MR) is 85.2 cm³/mol. The second-order valence-electron chi connectivity index (χ2n) is 4.90. The van der Waals surface area contributed by atoms with Crippen LogP contribution in [0.1, 0.15) is 25.8 Å². The molecule has 0 aliphatic rings. The Morgan fingerprint density at radius 1 is 1.32 bits per heavy atom. The molecule has 6 nitrogen and oxygen atoms in total. The number of benzene rings is 1. The molecule has 0 radical (unpaired) electrons. The fourth-order valence-corrected chi connectivity index (χ4v) is 1.93. The first kappa shape index (κ1) is 18.3. The second-order valence-corrected chi connectivity index (χ2v) is 4.90. The van der Waals surface area contributed by atoms with Crippen LogP contribution < -0.4 is 20.1 Å². The van der Waals surface area contributed by atoms with Gasteiger partial charge in [-0.1, -0.05) is 13.0 Å². The molecule has 1 unspecified atom stereocenters. The average molecular weight is 310 g/mol. The summed E-state index contributed by atoms with van der Waals surface area (Å²) >= 11 is 0. The van der Waals surface area contributed by atoms with Gasteiger partial charge in [0.25, 0.3) is 5.91 Å². The van der Waals surface area contributed by atoms with E-state index in [9.17, 15) is 4.79 Å². The van der Waals surface area contributed by atoms with Gasteiger partial charge in [0, 0.05) is 19.1 Å². The summed E-state index contributed by atoms with van der Waals surface area (Å²) in [5.74, 6) is 0.955. The van der Waals surface area contributed by atoms with E-state index in [0.29, 0.717) is 24.6 Å². The highest BCUT2D eigenvalue weighted by Gasteiger charge is 2.09. The molecule has 1 aromatic carbocycles. The largest absolute Gasteiger partial charge is 0.493 e. The van der Waals surface area contributed by atoms with Gasteiger partial charge in [0.15, 0.2) is 18.1 Å². The lowest BCUT2D eigenvalue weighted by molar-refractivity contribution is -0.123. The second kappa shape index (κ2) is 10.0. The van der Waals surface area contributed by atoms with Crippen molar-refractivity contribution in [3.63, 3.8) is 0 Å². The topological polar surface area (TPSA) is 79.8 Å². The van der Waals surface area contributed by atoms with Crippen molar-refractivity contribution in [1.82, 2.24) is 10.6 Å². The Hall–Kier alpha value is -1.79. The lowest BCUT2D eigenvalue weighted by Gasteiger charge is -2.15. The van der Waals surface area contributed by atoms with E-state index >= 15 is 0 Å². The molecule has 1 aromatic rings. The molecule has 1 atom stereocenters. The molecule has 3 N–H and O–H groups in total. The summed E-state index contributed by atoms with van der Waals surface area (Å²) < 4.78 is 10.8. The SMILES string of the molecule is CCNC(=O)COc1ccc(CNC(CC)CO)cc1OC. The van der Waals surface area contributed by atoms with E-state index in [1.165, 1.54) is 0 Å². The Bertz CT molecular complexity index is 461. The van der Waals surface area contributed by atoms with E-state index < -0.39 is 0 Å². The van der Waals surface area contributed by atoms with Gasteiger partial charge in [-0.3, -0.25) is 4.79 Å². The van der Waals surface area contributed by atoms with Crippen LogP contribution in [0.4, 0.5) is 0 Å².